The average Bonchev–Trinajstić information content (AvgIpc) is 3.18. The van der Waals surface area contributed by atoms with E-state index in [1.165, 1.54) is 17.0 Å². The standard InChI is InChI=1S/C31H31NO7/c1-4-16-39-25-15-12-23(17-19(25)3)28(34)26-27(21-10-13-24(33)14-11-21)32(30(36)29(26)35)18-20-6-8-22(9-7-20)31(37)38-5-2/h6-15,17,27,33-34H,4-5,16,18H2,1-3H3/b28-26-. The molecule has 1 saturated heterocycles. The number of likely N-dealkylation sites (tertiary alicyclic amines) is 1. The molecule has 0 aliphatic carbocycles. The number of esters is 1. The number of aromatic hydroxyl groups is 1. The molecule has 39 heavy (non-hydrogen) atoms. The Morgan fingerprint density at radius 3 is 2.23 bits per heavy atom. The maximum atomic E-state index is 13.3. The first-order valence-corrected chi connectivity index (χ1v) is 12.8. The molecule has 1 aliphatic heterocycles. The molecule has 1 heterocycles. The highest BCUT2D eigenvalue weighted by Gasteiger charge is 2.46. The van der Waals surface area contributed by atoms with E-state index in [1.54, 1.807) is 61.5 Å². The molecule has 1 atom stereocenters. The molecule has 0 spiro atoms. The maximum Gasteiger partial charge on any atom is 0.338 e. The van der Waals surface area contributed by atoms with Crippen LogP contribution in [0.25, 0.3) is 5.76 Å². The second-order valence-corrected chi connectivity index (χ2v) is 9.26. The number of hydrogen-bond donors (Lipinski definition) is 2. The van der Waals surface area contributed by atoms with E-state index in [9.17, 15) is 24.6 Å². The first kappa shape index (κ1) is 27.4. The largest absolute Gasteiger partial charge is 0.508 e. The van der Waals surface area contributed by atoms with E-state index in [0.717, 1.165) is 12.0 Å². The minimum Gasteiger partial charge on any atom is -0.508 e. The van der Waals surface area contributed by atoms with E-state index in [-0.39, 0.29) is 30.2 Å². The maximum absolute atomic E-state index is 13.3. The van der Waals surface area contributed by atoms with E-state index in [0.29, 0.717) is 34.6 Å². The number of carbonyl (C=O) groups excluding carboxylic acids is 3. The molecule has 202 valence electrons. The normalized spacial score (nSPS) is 16.4. The van der Waals surface area contributed by atoms with Gasteiger partial charge in [-0.2, -0.15) is 0 Å². The van der Waals surface area contributed by atoms with Crippen LogP contribution in [0.15, 0.2) is 72.3 Å². The Morgan fingerprint density at radius 1 is 0.949 bits per heavy atom. The number of Topliss-reactive ketones (excluding diaryl/α,β-unsaturated/α-hetero) is 1. The van der Waals surface area contributed by atoms with Gasteiger partial charge in [0.1, 0.15) is 17.3 Å². The van der Waals surface area contributed by atoms with Crippen LogP contribution in [0.5, 0.6) is 11.5 Å². The van der Waals surface area contributed by atoms with E-state index >= 15 is 0 Å². The topological polar surface area (TPSA) is 113 Å². The van der Waals surface area contributed by atoms with Gasteiger partial charge in [0.15, 0.2) is 0 Å². The third-order valence-corrected chi connectivity index (χ3v) is 6.48. The number of benzene rings is 3. The van der Waals surface area contributed by atoms with Crippen molar-refractivity contribution in [3.63, 3.8) is 0 Å². The number of ketones is 1. The molecule has 1 fully saturated rings. The summed E-state index contributed by atoms with van der Waals surface area (Å²) in [6.45, 7) is 6.44. The van der Waals surface area contributed by atoms with Crippen molar-refractivity contribution in [2.24, 2.45) is 0 Å². The Hall–Kier alpha value is -4.59. The third kappa shape index (κ3) is 5.80. The Kier molecular flexibility index (Phi) is 8.34. The lowest BCUT2D eigenvalue weighted by atomic mass is 9.94. The number of amides is 1. The number of ether oxygens (including phenoxy) is 2. The fourth-order valence-corrected chi connectivity index (χ4v) is 4.53. The minimum atomic E-state index is -0.897. The van der Waals surface area contributed by atoms with Gasteiger partial charge in [0.05, 0.1) is 30.4 Å². The van der Waals surface area contributed by atoms with Gasteiger partial charge in [-0.3, -0.25) is 9.59 Å². The van der Waals surface area contributed by atoms with Crippen molar-refractivity contribution < 1.29 is 34.1 Å². The van der Waals surface area contributed by atoms with E-state index < -0.39 is 23.7 Å². The second kappa shape index (κ2) is 11.9. The third-order valence-electron chi connectivity index (χ3n) is 6.48. The van der Waals surface area contributed by atoms with E-state index in [4.69, 9.17) is 9.47 Å². The molecule has 1 unspecified atom stereocenters. The van der Waals surface area contributed by atoms with Gasteiger partial charge in [-0.05, 0) is 79.4 Å². The summed E-state index contributed by atoms with van der Waals surface area (Å²) in [5, 5.41) is 21.2. The molecule has 2 N–H and O–H groups in total. The first-order valence-electron chi connectivity index (χ1n) is 12.8. The molecule has 8 nitrogen and oxygen atoms in total. The molecule has 3 aromatic rings. The van der Waals surface area contributed by atoms with Gasteiger partial charge in [0.2, 0.25) is 0 Å². The summed E-state index contributed by atoms with van der Waals surface area (Å²) in [5.41, 5.74) is 2.73. The Bertz CT molecular complexity index is 1410. The number of nitrogens with zero attached hydrogens (tertiary/aromatic N) is 1. The highest BCUT2D eigenvalue weighted by Crippen LogP contribution is 2.41. The quantitative estimate of drug-likeness (QED) is 0.168. The van der Waals surface area contributed by atoms with Crippen LogP contribution in [0.1, 0.15) is 58.9 Å². The SMILES string of the molecule is CCCOc1ccc(/C(O)=C2/C(=O)C(=O)N(Cc3ccc(C(=O)OCC)cc3)C2c2ccc(O)cc2)cc1C. The van der Waals surface area contributed by atoms with Crippen LogP contribution in [-0.4, -0.2) is 46.0 Å². The predicted octanol–water partition coefficient (Wildman–Crippen LogP) is 5.29. The Morgan fingerprint density at radius 2 is 1.62 bits per heavy atom. The van der Waals surface area contributed by atoms with Crippen LogP contribution in [0.4, 0.5) is 0 Å². The summed E-state index contributed by atoms with van der Waals surface area (Å²) in [5.74, 6) is -1.60. The van der Waals surface area contributed by atoms with Crippen molar-refractivity contribution in [1.29, 1.82) is 0 Å². The zero-order valence-corrected chi connectivity index (χ0v) is 22.1. The van der Waals surface area contributed by atoms with E-state index in [2.05, 4.69) is 0 Å². The average molecular weight is 530 g/mol. The zero-order chi connectivity index (χ0) is 28.1. The van der Waals surface area contributed by atoms with Crippen LogP contribution in [-0.2, 0) is 20.9 Å². The molecule has 1 aliphatic rings. The van der Waals surface area contributed by atoms with Gasteiger partial charge in [0.25, 0.3) is 11.7 Å². The number of aliphatic hydroxyl groups excluding tert-OH is 1. The number of phenolic OH excluding ortho intramolecular Hbond substituents is 1. The molecular formula is C31H31NO7. The smallest absolute Gasteiger partial charge is 0.338 e. The summed E-state index contributed by atoms with van der Waals surface area (Å²) in [6, 6.07) is 17.0. The Balaban J connectivity index is 1.74. The lowest BCUT2D eigenvalue weighted by molar-refractivity contribution is -0.140. The molecule has 0 aromatic heterocycles. The summed E-state index contributed by atoms with van der Waals surface area (Å²) in [6.07, 6.45) is 0.850. The van der Waals surface area contributed by atoms with Gasteiger partial charge >= 0.3 is 5.97 Å². The monoisotopic (exact) mass is 529 g/mol. The number of rotatable bonds is 9. The zero-order valence-electron chi connectivity index (χ0n) is 22.1. The molecule has 0 bridgehead atoms. The number of hydrogen-bond acceptors (Lipinski definition) is 7. The predicted molar refractivity (Wildman–Crippen MR) is 145 cm³/mol. The minimum absolute atomic E-state index is 0.0311. The molecule has 8 heteroatoms. The number of aliphatic hydroxyl groups is 1. The van der Waals surface area contributed by atoms with Gasteiger partial charge in [-0.1, -0.05) is 31.2 Å². The van der Waals surface area contributed by atoms with Crippen LogP contribution in [0.3, 0.4) is 0 Å². The highest BCUT2D eigenvalue weighted by atomic mass is 16.5. The van der Waals surface area contributed by atoms with Crippen LogP contribution < -0.4 is 4.74 Å². The number of aryl methyl sites for hydroxylation is 1. The van der Waals surface area contributed by atoms with Gasteiger partial charge < -0.3 is 24.6 Å². The van der Waals surface area contributed by atoms with Gasteiger partial charge in [-0.15, -0.1) is 0 Å². The molecule has 4 rings (SSSR count). The van der Waals surface area contributed by atoms with Crippen LogP contribution >= 0.6 is 0 Å². The summed E-state index contributed by atoms with van der Waals surface area (Å²) >= 11 is 0. The molecular weight excluding hydrogens is 498 g/mol. The fraction of sp³-hybridized carbons (Fsp3) is 0.258. The fourth-order valence-electron chi connectivity index (χ4n) is 4.53. The molecule has 0 saturated carbocycles. The van der Waals surface area contributed by atoms with E-state index in [1.807, 2.05) is 13.8 Å². The van der Waals surface area contributed by atoms with Gasteiger partial charge in [-0.25, -0.2) is 4.79 Å². The van der Waals surface area contributed by atoms with Crippen molar-refractivity contribution >= 4 is 23.4 Å². The molecule has 1 amide bonds. The summed E-state index contributed by atoms with van der Waals surface area (Å²) in [7, 11) is 0. The number of carbonyl (C=O) groups is 3. The van der Waals surface area contributed by atoms with Crippen LogP contribution in [0.2, 0.25) is 0 Å². The lowest BCUT2D eigenvalue weighted by Crippen LogP contribution is -2.29. The van der Waals surface area contributed by atoms with Crippen molar-refractivity contribution in [1.82, 2.24) is 4.90 Å². The van der Waals surface area contributed by atoms with Crippen molar-refractivity contribution in [3.05, 3.63) is 100 Å². The van der Waals surface area contributed by atoms with Gasteiger partial charge in [0, 0.05) is 12.1 Å². The van der Waals surface area contributed by atoms with Crippen molar-refractivity contribution in [2.45, 2.75) is 39.8 Å². The second-order valence-electron chi connectivity index (χ2n) is 9.26. The lowest BCUT2D eigenvalue weighted by Gasteiger charge is -2.25. The van der Waals surface area contributed by atoms with Crippen molar-refractivity contribution in [3.8, 4) is 11.5 Å². The highest BCUT2D eigenvalue weighted by molar-refractivity contribution is 6.46. The van der Waals surface area contributed by atoms with Crippen LogP contribution in [0, 0.1) is 6.92 Å². The molecule has 3 aromatic carbocycles. The Labute approximate surface area is 227 Å². The van der Waals surface area contributed by atoms with Crippen molar-refractivity contribution in [2.75, 3.05) is 13.2 Å². The molecule has 0 radical (unpaired) electrons. The first-order chi connectivity index (χ1) is 18.7. The number of phenols is 1. The summed E-state index contributed by atoms with van der Waals surface area (Å²) < 4.78 is 10.8. The summed E-state index contributed by atoms with van der Waals surface area (Å²) in [4.78, 5) is 40.0.